The Morgan fingerprint density at radius 3 is 2.46 bits per heavy atom. The van der Waals surface area contributed by atoms with Gasteiger partial charge < -0.3 is 10.0 Å². The Morgan fingerprint density at radius 1 is 1.46 bits per heavy atom. The highest BCUT2D eigenvalue weighted by Gasteiger charge is 2.43. The Balaban J connectivity index is 2.89. The number of rotatable bonds is 1. The third-order valence-corrected chi connectivity index (χ3v) is 2.77. The molecule has 1 unspecified atom stereocenters. The summed E-state index contributed by atoms with van der Waals surface area (Å²) in [7, 11) is 0. The predicted octanol–water partition coefficient (Wildman–Crippen LogP) is 1.67. The minimum Gasteiger partial charge on any atom is -0.480 e. The maximum atomic E-state index is 10.9. The summed E-state index contributed by atoms with van der Waals surface area (Å²) in [6, 6.07) is 0. The van der Waals surface area contributed by atoms with Crippen molar-refractivity contribution < 1.29 is 14.7 Å². The number of carboxylic acids is 1. The summed E-state index contributed by atoms with van der Waals surface area (Å²) in [6.07, 6.45) is 2.12. The van der Waals surface area contributed by atoms with Gasteiger partial charge in [-0.25, -0.2) is 4.79 Å². The fourth-order valence-corrected chi connectivity index (χ4v) is 1.90. The fraction of sp³-hybridized carbons (Fsp3) is 0.750. The molecule has 1 saturated heterocycles. The minimum absolute atomic E-state index is 0.436. The molecule has 0 aliphatic carbocycles. The molecule has 74 valence electrons. The molecular formula is C8H12ClNO3. The van der Waals surface area contributed by atoms with Crippen molar-refractivity contribution in [2.24, 2.45) is 0 Å². The van der Waals surface area contributed by atoms with Crippen molar-refractivity contribution in [3.63, 3.8) is 0 Å². The van der Waals surface area contributed by atoms with Crippen molar-refractivity contribution in [2.75, 3.05) is 6.54 Å². The zero-order valence-corrected chi connectivity index (χ0v) is 8.17. The molecule has 1 aliphatic rings. The van der Waals surface area contributed by atoms with E-state index in [4.69, 9.17) is 16.7 Å². The van der Waals surface area contributed by atoms with E-state index in [1.54, 1.807) is 0 Å². The van der Waals surface area contributed by atoms with Crippen LogP contribution in [0, 0.1) is 0 Å². The summed E-state index contributed by atoms with van der Waals surface area (Å²) in [5.41, 5.74) is -1.11. The van der Waals surface area contributed by atoms with Crippen molar-refractivity contribution in [3.8, 4) is 0 Å². The van der Waals surface area contributed by atoms with Gasteiger partial charge >= 0.3 is 11.3 Å². The Kier molecular flexibility index (Phi) is 2.81. The molecule has 4 nitrogen and oxygen atoms in total. The number of piperidine rings is 1. The maximum absolute atomic E-state index is 10.9. The lowest BCUT2D eigenvalue weighted by Crippen LogP contribution is -2.56. The molecule has 0 aromatic rings. The lowest BCUT2D eigenvalue weighted by atomic mass is 9.89. The number of likely N-dealkylation sites (tertiary alicyclic amines) is 1. The van der Waals surface area contributed by atoms with E-state index in [0.717, 1.165) is 12.8 Å². The van der Waals surface area contributed by atoms with Crippen LogP contribution < -0.4 is 0 Å². The number of carbonyl (C=O) groups is 2. The lowest BCUT2D eigenvalue weighted by molar-refractivity contribution is -0.150. The van der Waals surface area contributed by atoms with E-state index in [9.17, 15) is 9.59 Å². The second-order valence-electron chi connectivity index (χ2n) is 3.44. The number of aliphatic carboxylic acids is 1. The van der Waals surface area contributed by atoms with Gasteiger partial charge in [-0.05, 0) is 37.8 Å². The van der Waals surface area contributed by atoms with Crippen LogP contribution in [-0.4, -0.2) is 33.4 Å². The van der Waals surface area contributed by atoms with Crippen LogP contribution in [-0.2, 0) is 4.79 Å². The Hall–Kier alpha value is -0.770. The molecule has 1 amide bonds. The van der Waals surface area contributed by atoms with Crippen molar-refractivity contribution in [1.82, 2.24) is 4.90 Å². The van der Waals surface area contributed by atoms with Crippen LogP contribution in [0.3, 0.4) is 0 Å². The molecule has 0 spiro atoms. The average Bonchev–Trinajstić information content (AvgIpc) is 2.04. The van der Waals surface area contributed by atoms with Crippen LogP contribution in [0.1, 0.15) is 26.2 Å². The Bertz CT molecular complexity index is 244. The zero-order valence-electron chi connectivity index (χ0n) is 7.42. The molecule has 0 aromatic carbocycles. The first-order chi connectivity index (χ1) is 5.98. The van der Waals surface area contributed by atoms with Gasteiger partial charge in [0.15, 0.2) is 0 Å². The highest BCUT2D eigenvalue weighted by Crippen LogP contribution is 2.29. The van der Waals surface area contributed by atoms with E-state index in [0.29, 0.717) is 13.0 Å². The van der Waals surface area contributed by atoms with Gasteiger partial charge in [-0.1, -0.05) is 0 Å². The standard InChI is InChI=1S/C8H12ClNO3/c1-8(6(11)12)4-2-3-5-10(8)7(9)13/h2-5H2,1H3,(H,11,12). The smallest absolute Gasteiger partial charge is 0.329 e. The van der Waals surface area contributed by atoms with Crippen molar-refractivity contribution in [1.29, 1.82) is 0 Å². The van der Waals surface area contributed by atoms with Crippen LogP contribution in [0.15, 0.2) is 0 Å². The van der Waals surface area contributed by atoms with Gasteiger partial charge in [0.1, 0.15) is 5.54 Å². The van der Waals surface area contributed by atoms with Gasteiger partial charge in [0.25, 0.3) is 0 Å². The number of halogens is 1. The van der Waals surface area contributed by atoms with Gasteiger partial charge in [-0.3, -0.25) is 4.79 Å². The molecular weight excluding hydrogens is 194 g/mol. The molecule has 1 fully saturated rings. The monoisotopic (exact) mass is 205 g/mol. The highest BCUT2D eigenvalue weighted by atomic mass is 35.5. The molecule has 0 radical (unpaired) electrons. The molecule has 13 heavy (non-hydrogen) atoms. The van der Waals surface area contributed by atoms with E-state index >= 15 is 0 Å². The van der Waals surface area contributed by atoms with Crippen LogP contribution in [0.2, 0.25) is 0 Å². The van der Waals surface area contributed by atoms with E-state index < -0.39 is 16.9 Å². The summed E-state index contributed by atoms with van der Waals surface area (Å²) in [5.74, 6) is -0.985. The molecule has 1 N–H and O–H groups in total. The van der Waals surface area contributed by atoms with Gasteiger partial charge in [-0.15, -0.1) is 0 Å². The topological polar surface area (TPSA) is 57.6 Å². The second-order valence-corrected chi connectivity index (χ2v) is 3.76. The number of amides is 1. The van der Waals surface area contributed by atoms with Crippen molar-refractivity contribution >= 4 is 22.9 Å². The summed E-state index contributed by atoms with van der Waals surface area (Å²) in [4.78, 5) is 23.1. The van der Waals surface area contributed by atoms with Crippen molar-refractivity contribution in [3.05, 3.63) is 0 Å². The first-order valence-corrected chi connectivity index (χ1v) is 4.57. The third kappa shape index (κ3) is 1.77. The number of hydrogen-bond donors (Lipinski definition) is 1. The number of nitrogens with zero attached hydrogens (tertiary/aromatic N) is 1. The van der Waals surface area contributed by atoms with E-state index in [-0.39, 0.29) is 0 Å². The first-order valence-electron chi connectivity index (χ1n) is 4.19. The highest BCUT2D eigenvalue weighted by molar-refractivity contribution is 6.63. The van der Waals surface area contributed by atoms with Gasteiger partial charge in [-0.2, -0.15) is 0 Å². The average molecular weight is 206 g/mol. The number of hydrogen-bond acceptors (Lipinski definition) is 2. The summed E-state index contributed by atoms with van der Waals surface area (Å²) < 4.78 is 0. The SMILES string of the molecule is CC1(C(=O)O)CCCCN1C(=O)Cl. The number of carboxylic acid groups (broad SMARTS) is 1. The molecule has 1 rings (SSSR count). The predicted molar refractivity (Wildman–Crippen MR) is 47.8 cm³/mol. The number of carbonyl (C=O) groups excluding carboxylic acids is 1. The normalized spacial score (nSPS) is 28.6. The van der Waals surface area contributed by atoms with Gasteiger partial charge in [0.05, 0.1) is 0 Å². The van der Waals surface area contributed by atoms with Crippen LogP contribution in [0.5, 0.6) is 0 Å². The molecule has 1 heterocycles. The Morgan fingerprint density at radius 2 is 2.08 bits per heavy atom. The van der Waals surface area contributed by atoms with E-state index in [1.807, 2.05) is 0 Å². The van der Waals surface area contributed by atoms with Crippen LogP contribution in [0.4, 0.5) is 4.79 Å². The quantitative estimate of drug-likeness (QED) is 0.523. The second kappa shape index (κ2) is 3.54. The molecule has 0 bridgehead atoms. The maximum Gasteiger partial charge on any atom is 0.329 e. The molecule has 1 atom stereocenters. The fourth-order valence-electron chi connectivity index (χ4n) is 1.63. The third-order valence-electron chi connectivity index (χ3n) is 2.56. The first kappa shape index (κ1) is 10.3. The summed E-state index contributed by atoms with van der Waals surface area (Å²) in [6.45, 7) is 1.97. The Labute approximate surface area is 81.5 Å². The van der Waals surface area contributed by atoms with E-state index in [2.05, 4.69) is 0 Å². The molecule has 5 heteroatoms. The van der Waals surface area contributed by atoms with Crippen molar-refractivity contribution in [2.45, 2.75) is 31.7 Å². The molecule has 0 saturated carbocycles. The molecule has 0 aromatic heterocycles. The zero-order chi connectivity index (χ0) is 10.1. The van der Waals surface area contributed by atoms with E-state index in [1.165, 1.54) is 11.8 Å². The van der Waals surface area contributed by atoms with Crippen LogP contribution >= 0.6 is 11.6 Å². The van der Waals surface area contributed by atoms with Gasteiger partial charge in [0, 0.05) is 6.54 Å². The van der Waals surface area contributed by atoms with Gasteiger partial charge in [0.2, 0.25) is 0 Å². The lowest BCUT2D eigenvalue weighted by Gasteiger charge is -2.40. The van der Waals surface area contributed by atoms with Crippen LogP contribution in [0.25, 0.3) is 0 Å². The largest absolute Gasteiger partial charge is 0.480 e. The minimum atomic E-state index is -1.11. The molecule has 1 aliphatic heterocycles. The summed E-state index contributed by atoms with van der Waals surface area (Å²) in [5, 5.41) is 8.29. The summed E-state index contributed by atoms with van der Waals surface area (Å²) >= 11 is 5.31.